The van der Waals surface area contributed by atoms with E-state index in [0.29, 0.717) is 17.1 Å². The van der Waals surface area contributed by atoms with Gasteiger partial charge in [0.2, 0.25) is 11.5 Å². The molecule has 0 aromatic heterocycles. The Kier molecular flexibility index (Phi) is 8.49. The maximum Gasteiger partial charge on any atom is 0.209 e. The van der Waals surface area contributed by atoms with Crippen molar-refractivity contribution in [3.05, 3.63) is 99.9 Å². The lowest BCUT2D eigenvalue weighted by Crippen LogP contribution is -2.31. The number of nitrogens with zero attached hydrogens (tertiary/aromatic N) is 1. The van der Waals surface area contributed by atoms with Gasteiger partial charge in [-0.3, -0.25) is 4.79 Å². The lowest BCUT2D eigenvalue weighted by Gasteiger charge is -2.27. The fourth-order valence-electron chi connectivity index (χ4n) is 9.81. The molecule has 2 saturated carbocycles. The summed E-state index contributed by atoms with van der Waals surface area (Å²) in [6.07, 6.45) is 21.2. The third-order valence-electron chi connectivity index (χ3n) is 12.5. The Bertz CT molecular complexity index is 1630. The molecule has 0 spiro atoms. The van der Waals surface area contributed by atoms with E-state index in [4.69, 9.17) is 0 Å². The van der Waals surface area contributed by atoms with Crippen LogP contribution in [0.5, 0.6) is 0 Å². The Morgan fingerprint density at radius 2 is 1.37 bits per heavy atom. The first-order valence-electron chi connectivity index (χ1n) is 18.4. The average Bonchev–Trinajstić information content (AvgIpc) is 3.84. The number of aliphatic hydroxyl groups is 1. The minimum Gasteiger partial charge on any atom is -0.506 e. The van der Waals surface area contributed by atoms with Crippen molar-refractivity contribution in [1.82, 2.24) is 0 Å². The molecule has 1 atom stereocenters. The smallest absolute Gasteiger partial charge is 0.209 e. The van der Waals surface area contributed by atoms with E-state index in [0.717, 1.165) is 36.9 Å². The minimum absolute atomic E-state index is 0.0216. The van der Waals surface area contributed by atoms with E-state index in [9.17, 15) is 9.90 Å². The third-order valence-corrected chi connectivity index (χ3v) is 12.5. The van der Waals surface area contributed by atoms with E-state index in [1.54, 1.807) is 0 Å². The number of rotatable bonds is 10. The number of carbonyl (C=O) groups is 1. The molecule has 2 aromatic carbocycles. The van der Waals surface area contributed by atoms with Gasteiger partial charge in [-0.05, 0) is 55.7 Å². The highest BCUT2D eigenvalue weighted by Crippen LogP contribution is 2.53. The van der Waals surface area contributed by atoms with Gasteiger partial charge in [0.15, 0.2) is 5.71 Å². The van der Waals surface area contributed by atoms with Crippen LogP contribution in [0.2, 0.25) is 0 Å². The summed E-state index contributed by atoms with van der Waals surface area (Å²) in [5.41, 5.74) is 8.25. The second kappa shape index (κ2) is 12.4. The number of para-hydroxylation sites is 1. The first-order valence-corrected chi connectivity index (χ1v) is 18.4. The van der Waals surface area contributed by atoms with Gasteiger partial charge >= 0.3 is 0 Å². The van der Waals surface area contributed by atoms with Crippen LogP contribution in [-0.2, 0) is 15.6 Å². The lowest BCUT2D eigenvalue weighted by atomic mass is 9.75. The SMILES string of the molecule is CC1(C)C(/C=C2/C(=O)C(/C=C3\C(CCCC4CCCC4)c4ccccc4C3(C)C)=C2O)=[N+](CCCC2CCCC2)c2ccccc21. The average molecular weight is 617 g/mol. The van der Waals surface area contributed by atoms with Crippen LogP contribution < -0.4 is 0 Å². The molecular weight excluding hydrogens is 562 g/mol. The maximum absolute atomic E-state index is 13.9. The summed E-state index contributed by atoms with van der Waals surface area (Å²) >= 11 is 0. The molecule has 0 bridgehead atoms. The highest BCUT2D eigenvalue weighted by Gasteiger charge is 2.47. The number of hydrogen-bond acceptors (Lipinski definition) is 2. The van der Waals surface area contributed by atoms with Crippen molar-refractivity contribution in [2.75, 3.05) is 6.54 Å². The van der Waals surface area contributed by atoms with Crippen molar-refractivity contribution in [3.8, 4) is 0 Å². The fourth-order valence-corrected chi connectivity index (χ4v) is 9.81. The second-order valence-electron chi connectivity index (χ2n) is 16.1. The number of hydrogen-bond donors (Lipinski definition) is 1. The topological polar surface area (TPSA) is 40.3 Å². The molecule has 3 nitrogen and oxygen atoms in total. The first kappa shape index (κ1) is 31.4. The Hall–Kier alpha value is -3.20. The number of allylic oxidation sites excluding steroid dienone is 5. The van der Waals surface area contributed by atoms with Gasteiger partial charge in [0, 0.05) is 35.5 Å². The number of aliphatic hydroxyl groups excluding tert-OH is 1. The molecular formula is C43H54NO2+. The van der Waals surface area contributed by atoms with E-state index in [1.165, 1.54) is 98.6 Å². The van der Waals surface area contributed by atoms with E-state index >= 15 is 0 Å². The third kappa shape index (κ3) is 5.46. The highest BCUT2D eigenvalue weighted by atomic mass is 16.3. The van der Waals surface area contributed by atoms with Crippen molar-refractivity contribution in [3.63, 3.8) is 0 Å². The molecule has 4 aliphatic carbocycles. The van der Waals surface area contributed by atoms with Crippen LogP contribution in [0, 0.1) is 11.8 Å². The van der Waals surface area contributed by atoms with Crippen LogP contribution in [0.1, 0.15) is 134 Å². The number of benzene rings is 2. The molecule has 2 aromatic rings. The molecule has 242 valence electrons. The zero-order chi connectivity index (χ0) is 32.1. The predicted octanol–water partition coefficient (Wildman–Crippen LogP) is 10.7. The Morgan fingerprint density at radius 1 is 0.761 bits per heavy atom. The lowest BCUT2D eigenvalue weighted by molar-refractivity contribution is -0.438. The first-order chi connectivity index (χ1) is 22.2. The van der Waals surface area contributed by atoms with E-state index in [1.807, 2.05) is 6.08 Å². The molecule has 0 saturated heterocycles. The second-order valence-corrected chi connectivity index (χ2v) is 16.1. The Morgan fingerprint density at radius 3 is 2.04 bits per heavy atom. The fraction of sp³-hybridized carbons (Fsp3) is 0.535. The quantitative estimate of drug-likeness (QED) is 0.213. The van der Waals surface area contributed by atoms with Crippen molar-refractivity contribution >= 4 is 17.2 Å². The molecule has 1 heterocycles. The van der Waals surface area contributed by atoms with Crippen LogP contribution in [0.3, 0.4) is 0 Å². The summed E-state index contributed by atoms with van der Waals surface area (Å²) in [4.78, 5) is 13.9. The number of fused-ring (bicyclic) bond motifs is 2. The predicted molar refractivity (Wildman–Crippen MR) is 189 cm³/mol. The van der Waals surface area contributed by atoms with E-state index < -0.39 is 0 Å². The molecule has 2 fully saturated rings. The summed E-state index contributed by atoms with van der Waals surface area (Å²) in [7, 11) is 0. The van der Waals surface area contributed by atoms with E-state index in [-0.39, 0.29) is 22.4 Å². The van der Waals surface area contributed by atoms with Gasteiger partial charge in [-0.2, -0.15) is 4.58 Å². The number of Topliss-reactive ketones (excluding diaryl/α,β-unsaturated/α-hetero) is 1. The van der Waals surface area contributed by atoms with Crippen LogP contribution in [0.4, 0.5) is 5.69 Å². The van der Waals surface area contributed by atoms with Crippen molar-refractivity contribution in [2.24, 2.45) is 11.8 Å². The normalized spacial score (nSPS) is 25.7. The minimum atomic E-state index is -0.245. The van der Waals surface area contributed by atoms with Gasteiger partial charge in [0.1, 0.15) is 12.3 Å². The Labute approximate surface area is 277 Å². The molecule has 7 rings (SSSR count). The van der Waals surface area contributed by atoms with Gasteiger partial charge in [-0.25, -0.2) is 0 Å². The summed E-state index contributed by atoms with van der Waals surface area (Å²) < 4.78 is 2.44. The molecule has 1 unspecified atom stereocenters. The largest absolute Gasteiger partial charge is 0.506 e. The van der Waals surface area contributed by atoms with Gasteiger partial charge < -0.3 is 5.11 Å². The summed E-state index contributed by atoms with van der Waals surface area (Å²) in [5, 5.41) is 11.6. The van der Waals surface area contributed by atoms with Gasteiger partial charge in [-0.15, -0.1) is 0 Å². The van der Waals surface area contributed by atoms with Crippen molar-refractivity contribution in [1.29, 1.82) is 0 Å². The zero-order valence-electron chi connectivity index (χ0n) is 28.7. The van der Waals surface area contributed by atoms with Crippen molar-refractivity contribution in [2.45, 2.75) is 128 Å². The molecule has 46 heavy (non-hydrogen) atoms. The van der Waals surface area contributed by atoms with Gasteiger partial charge in [-0.1, -0.05) is 126 Å². The van der Waals surface area contributed by atoms with Crippen LogP contribution in [-0.4, -0.2) is 27.7 Å². The summed E-state index contributed by atoms with van der Waals surface area (Å²) in [6.45, 7) is 10.1. The molecule has 0 amide bonds. The monoisotopic (exact) mass is 616 g/mol. The maximum atomic E-state index is 13.9. The Balaban J connectivity index is 1.20. The molecule has 3 heteroatoms. The van der Waals surface area contributed by atoms with Crippen LogP contribution in [0.25, 0.3) is 0 Å². The standard InChI is InChI=1S/C43H53NO2/c1-42(2)35-23-10-9-21-31(35)32(22-13-19-29-15-5-6-16-29)37(42)27-33-40(45)34(41(33)46)28-39-43(3,4)36-24-11-12-25-38(36)44(39)26-14-20-30-17-7-8-18-30/h9-12,21,23-25,27-30,32H,5-8,13-20,22,26H2,1-4H3/p+1/b37-27+. The van der Waals surface area contributed by atoms with Crippen LogP contribution in [0.15, 0.2) is 83.2 Å². The number of ketones is 1. The summed E-state index contributed by atoms with van der Waals surface area (Å²) in [6, 6.07) is 17.5. The van der Waals surface area contributed by atoms with Crippen molar-refractivity contribution < 1.29 is 14.5 Å². The number of carbonyl (C=O) groups excluding carboxylic acids is 1. The van der Waals surface area contributed by atoms with Gasteiger partial charge in [0.25, 0.3) is 0 Å². The summed E-state index contributed by atoms with van der Waals surface area (Å²) in [5.74, 6) is 2.18. The zero-order valence-corrected chi connectivity index (χ0v) is 28.7. The molecule has 1 N–H and O–H groups in total. The molecule has 1 aliphatic heterocycles. The van der Waals surface area contributed by atoms with E-state index in [2.05, 4.69) is 86.9 Å². The van der Waals surface area contributed by atoms with Crippen LogP contribution >= 0.6 is 0 Å². The highest BCUT2D eigenvalue weighted by molar-refractivity contribution is 6.24. The van der Waals surface area contributed by atoms with Gasteiger partial charge in [0.05, 0.1) is 16.6 Å². The molecule has 5 aliphatic rings. The molecule has 0 radical (unpaired) electrons.